The third-order valence-electron chi connectivity index (χ3n) is 5.54. The van der Waals surface area contributed by atoms with Gasteiger partial charge in [-0.1, -0.05) is 35.4 Å². The lowest BCUT2D eigenvalue weighted by atomic mass is 10.2. The standard InChI is InChI=1S/C27H23ClFN3O5S2/c1-19-5-13-26(14-6-19)39(36,37)32(24-4-2-3-20(28)17-24)18-27(33)30-22-11-15-25(16-12-22)38(34,35)31-23-9-7-21(29)8-10-23/h2-17,31H,18H2,1H3,(H,30,33). The van der Waals surface area contributed by atoms with Gasteiger partial charge in [0.2, 0.25) is 5.91 Å². The molecule has 0 aromatic heterocycles. The average molecular weight is 588 g/mol. The van der Waals surface area contributed by atoms with E-state index in [1.807, 2.05) is 6.92 Å². The zero-order chi connectivity index (χ0) is 28.2. The van der Waals surface area contributed by atoms with Crippen LogP contribution >= 0.6 is 11.6 Å². The Labute approximate surface area is 231 Å². The second kappa shape index (κ2) is 11.4. The van der Waals surface area contributed by atoms with Crippen molar-refractivity contribution in [3.8, 4) is 0 Å². The van der Waals surface area contributed by atoms with Gasteiger partial charge in [0.15, 0.2) is 0 Å². The summed E-state index contributed by atoms with van der Waals surface area (Å²) in [6.45, 7) is 1.26. The fourth-order valence-electron chi connectivity index (χ4n) is 3.56. The lowest BCUT2D eigenvalue weighted by Gasteiger charge is -2.24. The molecule has 0 aliphatic heterocycles. The van der Waals surface area contributed by atoms with E-state index < -0.39 is 38.3 Å². The Morgan fingerprint density at radius 1 is 0.821 bits per heavy atom. The Morgan fingerprint density at radius 3 is 2.03 bits per heavy atom. The molecule has 39 heavy (non-hydrogen) atoms. The van der Waals surface area contributed by atoms with Gasteiger partial charge in [-0.15, -0.1) is 0 Å². The van der Waals surface area contributed by atoms with Crippen LogP contribution in [0.5, 0.6) is 0 Å². The predicted molar refractivity (Wildman–Crippen MR) is 149 cm³/mol. The SMILES string of the molecule is Cc1ccc(S(=O)(=O)N(CC(=O)Nc2ccc(S(=O)(=O)Nc3ccc(F)cc3)cc2)c2cccc(Cl)c2)cc1. The van der Waals surface area contributed by atoms with Crippen LogP contribution in [0.15, 0.2) is 107 Å². The summed E-state index contributed by atoms with van der Waals surface area (Å²) in [5.41, 5.74) is 1.51. The molecule has 0 unspecified atom stereocenters. The molecule has 0 aliphatic carbocycles. The normalized spacial score (nSPS) is 11.6. The first-order valence-corrected chi connectivity index (χ1v) is 14.8. The summed E-state index contributed by atoms with van der Waals surface area (Å²) < 4.78 is 68.6. The van der Waals surface area contributed by atoms with E-state index in [1.54, 1.807) is 24.3 Å². The predicted octanol–water partition coefficient (Wildman–Crippen LogP) is 5.42. The van der Waals surface area contributed by atoms with Crippen LogP contribution in [-0.2, 0) is 24.8 Å². The number of carbonyl (C=O) groups excluding carboxylic acids is 1. The molecule has 0 radical (unpaired) electrons. The van der Waals surface area contributed by atoms with Crippen LogP contribution in [0.3, 0.4) is 0 Å². The van der Waals surface area contributed by atoms with Gasteiger partial charge in [0.1, 0.15) is 12.4 Å². The molecule has 0 heterocycles. The Morgan fingerprint density at radius 2 is 1.41 bits per heavy atom. The maximum Gasteiger partial charge on any atom is 0.264 e. The molecule has 0 spiro atoms. The van der Waals surface area contributed by atoms with Gasteiger partial charge < -0.3 is 5.32 Å². The highest BCUT2D eigenvalue weighted by molar-refractivity contribution is 7.93. The number of nitrogens with one attached hydrogen (secondary N) is 2. The van der Waals surface area contributed by atoms with Gasteiger partial charge in [-0.25, -0.2) is 21.2 Å². The minimum atomic E-state index is -4.13. The van der Waals surface area contributed by atoms with E-state index in [0.29, 0.717) is 5.02 Å². The van der Waals surface area contributed by atoms with Crippen LogP contribution in [0.2, 0.25) is 5.02 Å². The third kappa shape index (κ3) is 6.94. The number of sulfonamides is 2. The van der Waals surface area contributed by atoms with Crippen molar-refractivity contribution in [1.82, 2.24) is 0 Å². The van der Waals surface area contributed by atoms with Crippen molar-refractivity contribution < 1.29 is 26.0 Å². The van der Waals surface area contributed by atoms with Crippen molar-refractivity contribution >= 4 is 54.6 Å². The van der Waals surface area contributed by atoms with Gasteiger partial charge in [-0.3, -0.25) is 13.8 Å². The number of nitrogens with zero attached hydrogens (tertiary/aromatic N) is 1. The molecule has 0 atom stereocenters. The second-order valence-corrected chi connectivity index (χ2v) is 12.5. The van der Waals surface area contributed by atoms with Crippen LogP contribution in [0.25, 0.3) is 0 Å². The number of carbonyl (C=O) groups is 1. The molecule has 8 nitrogen and oxygen atoms in total. The molecule has 12 heteroatoms. The van der Waals surface area contributed by atoms with E-state index in [4.69, 9.17) is 11.6 Å². The number of anilines is 3. The fourth-order valence-corrected chi connectivity index (χ4v) is 6.22. The van der Waals surface area contributed by atoms with Crippen LogP contribution in [0.4, 0.5) is 21.5 Å². The van der Waals surface area contributed by atoms with Crippen molar-refractivity contribution in [2.45, 2.75) is 16.7 Å². The third-order valence-corrected chi connectivity index (χ3v) is 8.96. The maximum atomic E-state index is 13.5. The highest BCUT2D eigenvalue weighted by Gasteiger charge is 2.27. The molecule has 4 rings (SSSR count). The van der Waals surface area contributed by atoms with E-state index in [-0.39, 0.29) is 26.9 Å². The number of amides is 1. The summed E-state index contributed by atoms with van der Waals surface area (Å²) in [5.74, 6) is -1.16. The maximum absolute atomic E-state index is 13.5. The minimum Gasteiger partial charge on any atom is -0.325 e. The molecule has 4 aromatic rings. The Hall–Kier alpha value is -3.93. The lowest BCUT2D eigenvalue weighted by molar-refractivity contribution is -0.114. The van der Waals surface area contributed by atoms with Gasteiger partial charge in [0.25, 0.3) is 20.0 Å². The number of hydrogen-bond acceptors (Lipinski definition) is 5. The van der Waals surface area contributed by atoms with Gasteiger partial charge >= 0.3 is 0 Å². The quantitative estimate of drug-likeness (QED) is 0.271. The van der Waals surface area contributed by atoms with E-state index in [9.17, 15) is 26.0 Å². The van der Waals surface area contributed by atoms with Crippen LogP contribution in [0, 0.1) is 12.7 Å². The molecule has 202 valence electrons. The van der Waals surface area contributed by atoms with Crippen LogP contribution < -0.4 is 14.3 Å². The van der Waals surface area contributed by atoms with Crippen molar-refractivity contribution in [2.24, 2.45) is 0 Å². The van der Waals surface area contributed by atoms with Gasteiger partial charge in [0, 0.05) is 16.4 Å². The molecule has 0 saturated carbocycles. The van der Waals surface area contributed by atoms with Gasteiger partial charge in [-0.2, -0.15) is 0 Å². The smallest absolute Gasteiger partial charge is 0.264 e. The zero-order valence-electron chi connectivity index (χ0n) is 20.5. The number of rotatable bonds is 9. The zero-order valence-corrected chi connectivity index (χ0v) is 22.9. The number of hydrogen-bond donors (Lipinski definition) is 2. The summed E-state index contributed by atoms with van der Waals surface area (Å²) >= 11 is 6.09. The topological polar surface area (TPSA) is 113 Å². The number of aryl methyl sites for hydroxylation is 1. The molecule has 0 bridgehead atoms. The molecule has 0 saturated heterocycles. The Kier molecular flexibility index (Phi) is 8.24. The summed E-state index contributed by atoms with van der Waals surface area (Å²) in [6, 6.07) is 22.5. The summed E-state index contributed by atoms with van der Waals surface area (Å²) in [5, 5.41) is 2.88. The first-order valence-electron chi connectivity index (χ1n) is 11.5. The Balaban J connectivity index is 1.53. The summed E-state index contributed by atoms with van der Waals surface area (Å²) in [6.07, 6.45) is 0. The van der Waals surface area contributed by atoms with Crippen molar-refractivity contribution in [3.63, 3.8) is 0 Å². The average Bonchev–Trinajstić information content (AvgIpc) is 2.89. The van der Waals surface area contributed by atoms with Crippen molar-refractivity contribution in [2.75, 3.05) is 20.9 Å². The van der Waals surface area contributed by atoms with E-state index in [0.717, 1.165) is 22.0 Å². The largest absolute Gasteiger partial charge is 0.325 e. The molecular weight excluding hydrogens is 565 g/mol. The minimum absolute atomic E-state index is 0.00379. The van der Waals surface area contributed by atoms with E-state index in [1.165, 1.54) is 60.7 Å². The van der Waals surface area contributed by atoms with Crippen molar-refractivity contribution in [1.29, 1.82) is 0 Å². The molecule has 2 N–H and O–H groups in total. The van der Waals surface area contributed by atoms with Crippen LogP contribution in [0.1, 0.15) is 5.56 Å². The fraction of sp³-hybridized carbons (Fsp3) is 0.0741. The molecule has 4 aromatic carbocycles. The number of benzene rings is 4. The Bertz CT molecular complexity index is 1700. The van der Waals surface area contributed by atoms with Gasteiger partial charge in [-0.05, 0) is 85.8 Å². The first-order chi connectivity index (χ1) is 18.4. The monoisotopic (exact) mass is 587 g/mol. The molecule has 0 fully saturated rings. The summed E-state index contributed by atoms with van der Waals surface area (Å²) in [4.78, 5) is 12.9. The highest BCUT2D eigenvalue weighted by atomic mass is 35.5. The highest BCUT2D eigenvalue weighted by Crippen LogP contribution is 2.27. The van der Waals surface area contributed by atoms with Gasteiger partial charge in [0.05, 0.1) is 15.5 Å². The lowest BCUT2D eigenvalue weighted by Crippen LogP contribution is -2.38. The molecule has 1 amide bonds. The molecule has 0 aliphatic rings. The van der Waals surface area contributed by atoms with E-state index >= 15 is 0 Å². The first kappa shape index (κ1) is 28.1. The van der Waals surface area contributed by atoms with Crippen molar-refractivity contribution in [3.05, 3.63) is 113 Å². The summed E-state index contributed by atoms with van der Waals surface area (Å²) in [7, 11) is -8.10. The molecular formula is C27H23ClFN3O5S2. The number of halogens is 2. The van der Waals surface area contributed by atoms with Crippen LogP contribution in [-0.4, -0.2) is 29.3 Å². The van der Waals surface area contributed by atoms with E-state index in [2.05, 4.69) is 10.0 Å². The second-order valence-electron chi connectivity index (χ2n) is 8.49.